The van der Waals surface area contributed by atoms with E-state index in [1.54, 1.807) is 13.0 Å². The lowest BCUT2D eigenvalue weighted by Gasteiger charge is -2.25. The number of carboxylic acids is 1. The maximum absolute atomic E-state index is 12.3. The second-order valence-electron chi connectivity index (χ2n) is 6.24. The molecule has 0 bridgehead atoms. The second kappa shape index (κ2) is 6.58. The molecule has 1 amide bonds. The van der Waals surface area contributed by atoms with Crippen molar-refractivity contribution in [3.63, 3.8) is 0 Å². The summed E-state index contributed by atoms with van der Waals surface area (Å²) < 4.78 is 5.23. The van der Waals surface area contributed by atoms with E-state index in [1.807, 2.05) is 0 Å². The van der Waals surface area contributed by atoms with Crippen molar-refractivity contribution in [3.8, 4) is 5.75 Å². The van der Waals surface area contributed by atoms with E-state index in [0.717, 1.165) is 0 Å². The summed E-state index contributed by atoms with van der Waals surface area (Å²) in [6.07, 6.45) is 1.22. The average Bonchev–Trinajstić information content (AvgIpc) is 3.04. The minimum Gasteiger partial charge on any atom is -0.548 e. The van der Waals surface area contributed by atoms with Crippen molar-refractivity contribution in [1.82, 2.24) is 4.90 Å². The van der Waals surface area contributed by atoms with Crippen LogP contribution in [0.15, 0.2) is 27.4 Å². The maximum atomic E-state index is 12.3. The van der Waals surface area contributed by atoms with Crippen molar-refractivity contribution in [2.45, 2.75) is 38.6 Å². The zero-order valence-electron chi connectivity index (χ0n) is 13.8. The number of phenols is 1. The van der Waals surface area contributed by atoms with Crippen LogP contribution >= 0.6 is 0 Å². The van der Waals surface area contributed by atoms with Crippen LogP contribution < -0.4 is 10.7 Å². The lowest BCUT2D eigenvalue weighted by Crippen LogP contribution is -2.47. The van der Waals surface area contributed by atoms with E-state index in [1.165, 1.54) is 17.0 Å². The first-order chi connectivity index (χ1) is 11.9. The third-order valence-electron chi connectivity index (χ3n) is 4.71. The van der Waals surface area contributed by atoms with Gasteiger partial charge >= 0.3 is 5.63 Å². The molecule has 1 fully saturated rings. The number of hydrogen-bond acceptors (Lipinski definition) is 6. The summed E-state index contributed by atoms with van der Waals surface area (Å²) in [4.78, 5) is 36.9. The first-order valence-corrected chi connectivity index (χ1v) is 8.14. The number of phenolic OH excluding ortho intramolecular Hbond substituents is 1. The standard InChI is InChI=1S/C18H19NO6/c1-10-12-5-4-11(20)9-15(12)25-18(24)13(10)6-7-16(21)19-8-2-3-14(19)17(22)23/h4-5,9,14,20H,2-3,6-8H2,1H3,(H,22,23)/p-1/t14-/m0/s1. The molecular weight excluding hydrogens is 326 g/mol. The van der Waals surface area contributed by atoms with Gasteiger partial charge in [0.15, 0.2) is 0 Å². The van der Waals surface area contributed by atoms with Crippen molar-refractivity contribution in [2.24, 2.45) is 0 Å². The lowest BCUT2D eigenvalue weighted by molar-refractivity contribution is -0.310. The first kappa shape index (κ1) is 17.0. The van der Waals surface area contributed by atoms with Crippen molar-refractivity contribution in [1.29, 1.82) is 0 Å². The Morgan fingerprint density at radius 3 is 2.88 bits per heavy atom. The molecule has 1 aliphatic heterocycles. The molecule has 1 aromatic carbocycles. The third kappa shape index (κ3) is 3.22. The Morgan fingerprint density at radius 1 is 1.40 bits per heavy atom. The van der Waals surface area contributed by atoms with Crippen LogP contribution in [0.3, 0.4) is 0 Å². The Bertz CT molecular complexity index is 900. The topological polar surface area (TPSA) is 111 Å². The number of aliphatic carboxylic acids is 1. The number of aryl methyl sites for hydroxylation is 1. The molecule has 1 atom stereocenters. The molecule has 2 heterocycles. The molecule has 0 unspecified atom stereocenters. The predicted molar refractivity (Wildman–Crippen MR) is 86.9 cm³/mol. The molecule has 1 aromatic heterocycles. The highest BCUT2D eigenvalue weighted by molar-refractivity contribution is 5.84. The molecule has 0 spiro atoms. The number of fused-ring (bicyclic) bond motifs is 1. The number of aromatic hydroxyl groups is 1. The molecular formula is C18H18NO6-. The zero-order chi connectivity index (χ0) is 18.1. The van der Waals surface area contributed by atoms with E-state index in [2.05, 4.69) is 0 Å². The first-order valence-electron chi connectivity index (χ1n) is 8.14. The van der Waals surface area contributed by atoms with E-state index in [-0.39, 0.29) is 30.1 Å². The molecule has 7 nitrogen and oxygen atoms in total. The molecule has 2 aromatic rings. The summed E-state index contributed by atoms with van der Waals surface area (Å²) >= 11 is 0. The van der Waals surface area contributed by atoms with Crippen LogP contribution in [0.4, 0.5) is 0 Å². The van der Waals surface area contributed by atoms with Gasteiger partial charge in [-0.05, 0) is 43.9 Å². The lowest BCUT2D eigenvalue weighted by atomic mass is 10.0. The van der Waals surface area contributed by atoms with Crippen LogP contribution in [0.2, 0.25) is 0 Å². The van der Waals surface area contributed by atoms with E-state index in [4.69, 9.17) is 4.42 Å². The van der Waals surface area contributed by atoms with Gasteiger partial charge in [0.1, 0.15) is 11.3 Å². The Balaban J connectivity index is 1.81. The minimum atomic E-state index is -1.24. The van der Waals surface area contributed by atoms with Gasteiger partial charge in [-0.1, -0.05) is 0 Å². The fraction of sp³-hybridized carbons (Fsp3) is 0.389. The summed E-state index contributed by atoms with van der Waals surface area (Å²) in [5.41, 5.74) is 0.808. The van der Waals surface area contributed by atoms with Crippen LogP contribution in [-0.2, 0) is 16.0 Å². The number of carbonyl (C=O) groups is 2. The molecule has 0 aliphatic carbocycles. The highest BCUT2D eigenvalue weighted by Gasteiger charge is 2.29. The number of rotatable bonds is 4. The smallest absolute Gasteiger partial charge is 0.339 e. The van der Waals surface area contributed by atoms with Crippen LogP contribution in [0, 0.1) is 6.92 Å². The largest absolute Gasteiger partial charge is 0.548 e. The Labute approximate surface area is 143 Å². The fourth-order valence-corrected chi connectivity index (χ4v) is 3.36. The van der Waals surface area contributed by atoms with Crippen molar-refractivity contribution >= 4 is 22.8 Å². The van der Waals surface area contributed by atoms with Gasteiger partial charge in [0, 0.05) is 30.0 Å². The average molecular weight is 344 g/mol. The number of carboxylic acid groups (broad SMARTS) is 1. The molecule has 1 aliphatic rings. The van der Waals surface area contributed by atoms with Gasteiger partial charge < -0.3 is 24.3 Å². The monoisotopic (exact) mass is 344 g/mol. The van der Waals surface area contributed by atoms with Crippen LogP contribution in [0.1, 0.15) is 30.4 Å². The van der Waals surface area contributed by atoms with Gasteiger partial charge in [-0.25, -0.2) is 4.79 Å². The van der Waals surface area contributed by atoms with Gasteiger partial charge in [0.25, 0.3) is 0 Å². The predicted octanol–water partition coefficient (Wildman–Crippen LogP) is 0.481. The summed E-state index contributed by atoms with van der Waals surface area (Å²) in [7, 11) is 0. The van der Waals surface area contributed by atoms with E-state index >= 15 is 0 Å². The molecule has 132 valence electrons. The van der Waals surface area contributed by atoms with Gasteiger partial charge in [0.05, 0.1) is 12.0 Å². The van der Waals surface area contributed by atoms with Crippen molar-refractivity contribution in [3.05, 3.63) is 39.7 Å². The third-order valence-corrected chi connectivity index (χ3v) is 4.71. The fourth-order valence-electron chi connectivity index (χ4n) is 3.36. The number of nitrogens with zero attached hydrogens (tertiary/aromatic N) is 1. The molecule has 25 heavy (non-hydrogen) atoms. The van der Waals surface area contributed by atoms with Crippen LogP contribution in [0.25, 0.3) is 11.0 Å². The number of carbonyl (C=O) groups excluding carboxylic acids is 2. The normalized spacial score (nSPS) is 17.2. The van der Waals surface area contributed by atoms with E-state index in [0.29, 0.717) is 35.9 Å². The highest BCUT2D eigenvalue weighted by atomic mass is 16.4. The number of benzene rings is 1. The Kier molecular flexibility index (Phi) is 4.48. The van der Waals surface area contributed by atoms with Crippen LogP contribution in [0.5, 0.6) is 5.75 Å². The van der Waals surface area contributed by atoms with E-state index in [9.17, 15) is 24.6 Å². The Hall–Kier alpha value is -2.83. The second-order valence-corrected chi connectivity index (χ2v) is 6.24. The summed E-state index contributed by atoms with van der Waals surface area (Å²) in [5.74, 6) is -1.55. The van der Waals surface area contributed by atoms with Gasteiger partial charge in [0.2, 0.25) is 5.91 Å². The van der Waals surface area contributed by atoms with Gasteiger partial charge in [-0.2, -0.15) is 0 Å². The summed E-state index contributed by atoms with van der Waals surface area (Å²) in [6.45, 7) is 2.15. The Morgan fingerprint density at radius 2 is 2.16 bits per heavy atom. The molecule has 0 radical (unpaired) electrons. The number of likely N-dealkylation sites (tertiary alicyclic amines) is 1. The SMILES string of the molecule is Cc1c(CCC(=O)N2CCC[C@H]2C(=O)[O-])c(=O)oc2cc(O)ccc12. The molecule has 0 saturated carbocycles. The zero-order valence-corrected chi connectivity index (χ0v) is 13.8. The molecule has 3 rings (SSSR count). The summed E-state index contributed by atoms with van der Waals surface area (Å²) in [5, 5.41) is 21.3. The summed E-state index contributed by atoms with van der Waals surface area (Å²) in [6, 6.07) is 3.64. The van der Waals surface area contributed by atoms with Crippen molar-refractivity contribution < 1.29 is 24.2 Å². The quantitative estimate of drug-likeness (QED) is 0.808. The van der Waals surface area contributed by atoms with Gasteiger partial charge in [-0.15, -0.1) is 0 Å². The minimum absolute atomic E-state index is 0.000308. The van der Waals surface area contributed by atoms with Crippen molar-refractivity contribution in [2.75, 3.05) is 6.54 Å². The number of hydrogen-bond donors (Lipinski definition) is 1. The maximum Gasteiger partial charge on any atom is 0.339 e. The van der Waals surface area contributed by atoms with E-state index < -0.39 is 17.6 Å². The number of amides is 1. The highest BCUT2D eigenvalue weighted by Crippen LogP contribution is 2.24. The van der Waals surface area contributed by atoms with Crippen LogP contribution in [-0.4, -0.2) is 34.5 Å². The molecule has 1 N–H and O–H groups in total. The van der Waals surface area contributed by atoms with Gasteiger partial charge in [-0.3, -0.25) is 4.79 Å². The molecule has 1 saturated heterocycles. The molecule has 7 heteroatoms.